The van der Waals surface area contributed by atoms with Crippen LogP contribution in [0.3, 0.4) is 0 Å². The summed E-state index contributed by atoms with van der Waals surface area (Å²) in [7, 11) is 0. The van der Waals surface area contributed by atoms with Crippen LogP contribution in [0.2, 0.25) is 0 Å². The van der Waals surface area contributed by atoms with E-state index in [9.17, 15) is 0 Å². The molecule has 0 amide bonds. The molecule has 0 spiro atoms. The van der Waals surface area contributed by atoms with E-state index in [1.165, 1.54) is 10.4 Å². The molecule has 0 aliphatic carbocycles. The third-order valence-electron chi connectivity index (χ3n) is 4.95. The third kappa shape index (κ3) is 2.76. The molecule has 5 rings (SSSR count). The van der Waals surface area contributed by atoms with Gasteiger partial charge in [-0.1, -0.05) is 47.7 Å². The van der Waals surface area contributed by atoms with E-state index in [1.54, 1.807) is 11.3 Å². The lowest BCUT2D eigenvalue weighted by Gasteiger charge is -2.31. The smallest absolute Gasteiger partial charge is 0.185 e. The van der Waals surface area contributed by atoms with Crippen LogP contribution in [-0.2, 0) is 0 Å². The van der Waals surface area contributed by atoms with Gasteiger partial charge in [-0.25, -0.2) is 4.98 Å². The van der Waals surface area contributed by atoms with Crippen LogP contribution in [0.5, 0.6) is 0 Å². The van der Waals surface area contributed by atoms with E-state index in [0.717, 1.165) is 42.5 Å². The number of hydrogen-bond acceptors (Lipinski definition) is 5. The molecular weight excluding hydrogens is 342 g/mol. The molecule has 1 unspecified atom stereocenters. The second-order valence-electron chi connectivity index (χ2n) is 6.65. The largest absolute Gasteiger partial charge is 0.347 e. The molecule has 1 saturated heterocycles. The molecule has 3 aromatic heterocycles. The Morgan fingerprint density at radius 3 is 2.81 bits per heavy atom. The van der Waals surface area contributed by atoms with Crippen LogP contribution in [0.1, 0.15) is 24.6 Å². The zero-order valence-electron chi connectivity index (χ0n) is 14.3. The van der Waals surface area contributed by atoms with Crippen molar-refractivity contribution in [3.63, 3.8) is 0 Å². The Labute approximate surface area is 156 Å². The molecular formula is C20H19N5S. The van der Waals surface area contributed by atoms with Crippen LogP contribution in [0.15, 0.2) is 60.9 Å². The molecule has 1 atom stereocenters. The van der Waals surface area contributed by atoms with Crippen LogP contribution in [-0.4, -0.2) is 32.7 Å². The molecule has 0 N–H and O–H groups in total. The zero-order chi connectivity index (χ0) is 17.3. The molecule has 130 valence electrons. The van der Waals surface area contributed by atoms with E-state index in [2.05, 4.69) is 50.0 Å². The number of aromatic nitrogens is 4. The van der Waals surface area contributed by atoms with E-state index >= 15 is 0 Å². The fraction of sp³-hybridized carbons (Fsp3) is 0.250. The minimum absolute atomic E-state index is 0.380. The second kappa shape index (κ2) is 6.53. The maximum Gasteiger partial charge on any atom is 0.185 e. The highest BCUT2D eigenvalue weighted by Crippen LogP contribution is 2.35. The van der Waals surface area contributed by atoms with Crippen LogP contribution in [0.4, 0.5) is 5.13 Å². The first-order valence-corrected chi connectivity index (χ1v) is 9.76. The standard InChI is InChI=1S/C20H19N5S/c1-2-7-15(8-3-1)17-13-21-20(26-17)24-11-6-9-16(14-24)19-23-22-18-10-4-5-12-25(18)19/h1-5,7-8,10,12-13,16H,6,9,11,14H2. The summed E-state index contributed by atoms with van der Waals surface area (Å²) < 4.78 is 2.12. The number of hydrogen-bond donors (Lipinski definition) is 0. The van der Waals surface area contributed by atoms with Gasteiger partial charge >= 0.3 is 0 Å². The molecule has 4 heterocycles. The van der Waals surface area contributed by atoms with Gasteiger partial charge in [0.25, 0.3) is 0 Å². The average Bonchev–Trinajstić information content (AvgIpc) is 3.36. The fourth-order valence-electron chi connectivity index (χ4n) is 3.65. The second-order valence-corrected chi connectivity index (χ2v) is 7.65. The lowest BCUT2D eigenvalue weighted by Crippen LogP contribution is -2.34. The molecule has 4 aromatic rings. The van der Waals surface area contributed by atoms with Crippen molar-refractivity contribution in [3.8, 4) is 10.4 Å². The number of rotatable bonds is 3. The van der Waals surface area contributed by atoms with Gasteiger partial charge in [0.2, 0.25) is 0 Å². The quantitative estimate of drug-likeness (QED) is 0.548. The highest BCUT2D eigenvalue weighted by Gasteiger charge is 2.26. The fourth-order valence-corrected chi connectivity index (χ4v) is 4.60. The van der Waals surface area contributed by atoms with Gasteiger partial charge in [0.15, 0.2) is 10.8 Å². The summed E-state index contributed by atoms with van der Waals surface area (Å²) in [4.78, 5) is 8.31. The first-order valence-electron chi connectivity index (χ1n) is 8.94. The molecule has 1 aliphatic heterocycles. The van der Waals surface area contributed by atoms with Gasteiger partial charge < -0.3 is 4.90 Å². The number of thiazole rings is 1. The molecule has 1 aromatic carbocycles. The maximum absolute atomic E-state index is 4.70. The van der Waals surface area contributed by atoms with Crippen molar-refractivity contribution < 1.29 is 0 Å². The molecule has 0 saturated carbocycles. The number of pyridine rings is 1. The maximum atomic E-state index is 4.70. The lowest BCUT2D eigenvalue weighted by atomic mass is 9.97. The third-order valence-corrected chi connectivity index (χ3v) is 6.06. The number of piperidine rings is 1. The SMILES string of the molecule is c1ccc(-c2cnc(N3CCCC(c4nnc5ccccn45)C3)s2)cc1. The van der Waals surface area contributed by atoms with Gasteiger partial charge in [-0.3, -0.25) is 4.40 Å². The summed E-state index contributed by atoms with van der Waals surface area (Å²) in [6.45, 7) is 1.99. The van der Waals surface area contributed by atoms with Crippen LogP contribution in [0.25, 0.3) is 16.1 Å². The Bertz CT molecular complexity index is 1020. The van der Waals surface area contributed by atoms with Crippen LogP contribution in [0, 0.1) is 0 Å². The number of fused-ring (bicyclic) bond motifs is 1. The van der Waals surface area contributed by atoms with Crippen molar-refractivity contribution in [2.45, 2.75) is 18.8 Å². The molecule has 6 heteroatoms. The number of nitrogens with zero attached hydrogens (tertiary/aromatic N) is 5. The van der Waals surface area contributed by atoms with E-state index in [0.29, 0.717) is 5.92 Å². The number of benzene rings is 1. The summed E-state index contributed by atoms with van der Waals surface area (Å²) in [5.41, 5.74) is 2.15. The van der Waals surface area contributed by atoms with E-state index in [-0.39, 0.29) is 0 Å². The molecule has 1 fully saturated rings. The molecule has 0 radical (unpaired) electrons. The summed E-state index contributed by atoms with van der Waals surface area (Å²) in [6.07, 6.45) is 6.34. The Morgan fingerprint density at radius 1 is 1.00 bits per heavy atom. The van der Waals surface area contributed by atoms with Crippen LogP contribution >= 0.6 is 11.3 Å². The van der Waals surface area contributed by atoms with Crippen molar-refractivity contribution >= 4 is 22.1 Å². The zero-order valence-corrected chi connectivity index (χ0v) is 15.1. The first kappa shape index (κ1) is 15.5. The predicted molar refractivity (Wildman–Crippen MR) is 105 cm³/mol. The Balaban J connectivity index is 1.40. The van der Waals surface area contributed by atoms with Crippen molar-refractivity contribution in [2.75, 3.05) is 18.0 Å². The van der Waals surface area contributed by atoms with E-state index < -0.39 is 0 Å². The van der Waals surface area contributed by atoms with Crippen molar-refractivity contribution in [2.24, 2.45) is 0 Å². The highest BCUT2D eigenvalue weighted by atomic mass is 32.1. The van der Waals surface area contributed by atoms with Gasteiger partial charge in [0.1, 0.15) is 5.82 Å². The van der Waals surface area contributed by atoms with Gasteiger partial charge in [0.05, 0.1) is 4.88 Å². The summed E-state index contributed by atoms with van der Waals surface area (Å²) in [5, 5.41) is 9.89. The number of anilines is 1. The van der Waals surface area contributed by atoms with Crippen molar-refractivity contribution in [1.29, 1.82) is 0 Å². The van der Waals surface area contributed by atoms with Crippen LogP contribution < -0.4 is 4.90 Å². The van der Waals surface area contributed by atoms with Crippen molar-refractivity contribution in [3.05, 3.63) is 66.7 Å². The predicted octanol–water partition coefficient (Wildman–Crippen LogP) is 4.24. The minimum atomic E-state index is 0.380. The topological polar surface area (TPSA) is 46.3 Å². The summed E-state index contributed by atoms with van der Waals surface area (Å²) >= 11 is 1.77. The lowest BCUT2D eigenvalue weighted by molar-refractivity contribution is 0.488. The van der Waals surface area contributed by atoms with Gasteiger partial charge in [-0.15, -0.1) is 10.2 Å². The molecule has 0 bridgehead atoms. The highest BCUT2D eigenvalue weighted by molar-refractivity contribution is 7.18. The van der Waals surface area contributed by atoms with Gasteiger partial charge in [-0.2, -0.15) is 0 Å². The normalized spacial score (nSPS) is 17.7. The first-order chi connectivity index (χ1) is 12.9. The van der Waals surface area contributed by atoms with Crippen molar-refractivity contribution in [1.82, 2.24) is 19.6 Å². The average molecular weight is 361 g/mol. The monoisotopic (exact) mass is 361 g/mol. The van der Waals surface area contributed by atoms with E-state index in [1.807, 2.05) is 30.5 Å². The van der Waals surface area contributed by atoms with Gasteiger partial charge in [0, 0.05) is 31.4 Å². The van der Waals surface area contributed by atoms with Gasteiger partial charge in [-0.05, 0) is 30.5 Å². The molecule has 5 nitrogen and oxygen atoms in total. The Morgan fingerprint density at radius 2 is 1.88 bits per heavy atom. The molecule has 1 aliphatic rings. The Hall–Kier alpha value is -2.73. The Kier molecular flexibility index (Phi) is 3.90. The summed E-state index contributed by atoms with van der Waals surface area (Å²) in [6, 6.07) is 16.5. The summed E-state index contributed by atoms with van der Waals surface area (Å²) in [5.74, 6) is 1.44. The minimum Gasteiger partial charge on any atom is -0.347 e. The molecule has 26 heavy (non-hydrogen) atoms. The van der Waals surface area contributed by atoms with E-state index in [4.69, 9.17) is 4.98 Å².